The van der Waals surface area contributed by atoms with Crippen molar-refractivity contribution in [1.29, 1.82) is 0 Å². The summed E-state index contributed by atoms with van der Waals surface area (Å²) in [6.07, 6.45) is 7.07. The Hall–Kier alpha value is -0.941. The predicted molar refractivity (Wildman–Crippen MR) is 128 cm³/mol. The number of hydrogen-bond donors (Lipinski definition) is 0. The van der Waals surface area contributed by atoms with E-state index in [0.717, 1.165) is 33.9 Å². The van der Waals surface area contributed by atoms with E-state index in [-0.39, 0.29) is 83.8 Å². The zero-order valence-corrected chi connectivity index (χ0v) is 21.1. The van der Waals surface area contributed by atoms with Gasteiger partial charge in [-0.25, -0.2) is 0 Å². The number of benzene rings is 1. The maximum absolute atomic E-state index is 4.54. The van der Waals surface area contributed by atoms with Crippen LogP contribution < -0.4 is 0 Å². The quantitative estimate of drug-likeness (QED) is 0.267. The Morgan fingerprint density at radius 1 is 0.633 bits per heavy atom. The molecule has 0 aliphatic carbocycles. The van der Waals surface area contributed by atoms with Crippen molar-refractivity contribution in [2.75, 3.05) is 0 Å². The topological polar surface area (TPSA) is 50.5 Å². The minimum Gasteiger partial charge on any atom is -0.255 e. The third kappa shape index (κ3) is 10.9. The van der Waals surface area contributed by atoms with E-state index in [4.69, 9.17) is 0 Å². The minimum atomic E-state index is 0. The molecule has 1 aromatic carbocycles. The Kier molecular flexibility index (Phi) is 22.8. The van der Waals surface area contributed by atoms with Crippen molar-refractivity contribution in [3.8, 4) is 0 Å². The summed E-state index contributed by atoms with van der Waals surface area (Å²) in [5.41, 5.74) is 5.67. The normalized spacial score (nSPS) is 9.13. The first-order valence-electron chi connectivity index (χ1n) is 7.74. The fraction of sp³-hybridized carbons (Fsp3) is 0.100. The number of halogens is 4. The van der Waals surface area contributed by atoms with Crippen LogP contribution in [0.25, 0.3) is 0 Å². The van der Waals surface area contributed by atoms with E-state index >= 15 is 0 Å². The molecule has 0 saturated heterocycles. The number of aryl methyl sites for hydroxylation is 2. The van der Waals surface area contributed by atoms with Gasteiger partial charge in [0.2, 0.25) is 0 Å². The molecule has 0 saturated carbocycles. The van der Waals surface area contributed by atoms with Crippen LogP contribution in [0.5, 0.6) is 0 Å². The number of aliphatic imine (C=N–C) groups is 2. The first-order valence-corrected chi connectivity index (χ1v) is 7.74. The number of rotatable bonds is 4. The van der Waals surface area contributed by atoms with Gasteiger partial charge in [0, 0.05) is 46.5 Å². The van der Waals surface area contributed by atoms with Gasteiger partial charge in [0.05, 0.1) is 35.2 Å². The van der Waals surface area contributed by atoms with Gasteiger partial charge in [0.25, 0.3) is 0 Å². The van der Waals surface area contributed by atoms with E-state index in [1.165, 1.54) is 0 Å². The number of aromatic nitrogens is 2. The van der Waals surface area contributed by atoms with Gasteiger partial charge < -0.3 is 0 Å². The zero-order chi connectivity index (χ0) is 16.8. The average molecular weight is 587 g/mol. The van der Waals surface area contributed by atoms with Crippen molar-refractivity contribution < 1.29 is 34.1 Å². The average Bonchev–Trinajstić information content (AvgIpc) is 2.62. The number of pyridine rings is 2. The maximum atomic E-state index is 4.54. The van der Waals surface area contributed by atoms with E-state index in [1.807, 2.05) is 62.4 Å². The number of nitrogens with zero attached hydrogens (tertiary/aromatic N) is 4. The van der Waals surface area contributed by atoms with Crippen LogP contribution >= 0.6 is 49.6 Å². The zero-order valence-electron chi connectivity index (χ0n) is 16.0. The molecule has 0 fully saturated rings. The van der Waals surface area contributed by atoms with Crippen molar-refractivity contribution in [1.82, 2.24) is 9.97 Å². The Labute approximate surface area is 223 Å². The van der Waals surface area contributed by atoms with Gasteiger partial charge in [0.15, 0.2) is 0 Å². The smallest absolute Gasteiger partial charge is 0.0812 e. The molecule has 0 atom stereocenters. The molecule has 3 aromatic rings. The molecule has 0 aliphatic heterocycles. The Morgan fingerprint density at radius 2 is 1.00 bits per heavy atom. The third-order valence-electron chi connectivity index (χ3n) is 3.56. The molecule has 172 valence electrons. The summed E-state index contributed by atoms with van der Waals surface area (Å²) in [4.78, 5) is 17.6. The van der Waals surface area contributed by atoms with Crippen LogP contribution in [0.1, 0.15) is 22.5 Å². The van der Waals surface area contributed by atoms with Crippen LogP contribution in [-0.2, 0) is 34.1 Å². The number of hydrogen-bond acceptors (Lipinski definition) is 4. The van der Waals surface area contributed by atoms with Crippen LogP contribution in [-0.4, -0.2) is 22.4 Å². The molecule has 2 aromatic heterocycles. The van der Waals surface area contributed by atoms with Gasteiger partial charge in [-0.15, -0.1) is 49.6 Å². The van der Waals surface area contributed by atoms with Gasteiger partial charge in [-0.05, 0) is 61.4 Å². The van der Waals surface area contributed by atoms with Crippen molar-refractivity contribution >= 4 is 73.4 Å². The summed E-state index contributed by atoms with van der Waals surface area (Å²) < 4.78 is 0. The Balaban J connectivity index is -0.000000563. The summed E-state index contributed by atoms with van der Waals surface area (Å²) in [5, 5.41) is 0. The molecule has 10 heteroatoms. The van der Waals surface area contributed by atoms with E-state index in [1.54, 1.807) is 24.8 Å². The van der Waals surface area contributed by atoms with Gasteiger partial charge in [-0.2, -0.15) is 0 Å². The Bertz CT molecular complexity index is 821. The minimum absolute atomic E-state index is 0. The second kappa shape index (κ2) is 18.8. The molecule has 2 radical (unpaired) electrons. The fourth-order valence-corrected chi connectivity index (χ4v) is 2.24. The van der Waals surface area contributed by atoms with Crippen molar-refractivity contribution in [3.63, 3.8) is 0 Å². The van der Waals surface area contributed by atoms with Crippen LogP contribution in [0.4, 0.5) is 11.4 Å². The van der Waals surface area contributed by atoms with Gasteiger partial charge >= 0.3 is 0 Å². The molecule has 0 aliphatic rings. The van der Waals surface area contributed by atoms with Crippen LogP contribution in [0, 0.1) is 13.8 Å². The second-order valence-corrected chi connectivity index (χ2v) is 5.45. The van der Waals surface area contributed by atoms with E-state index in [9.17, 15) is 0 Å². The standard InChI is InChI=1S/C20H18N4.4ClH.2Cu/c1-15-11-20(24-14-18-8-4-6-10-22-18)16(2)12-19(15)23-13-17-7-3-5-9-21-17;;;;;;/h3-14H,1-2H3;4*1H;;. The van der Waals surface area contributed by atoms with Gasteiger partial charge in [-0.1, -0.05) is 12.1 Å². The molecule has 0 unspecified atom stereocenters. The maximum Gasteiger partial charge on any atom is 0.0812 e. The largest absolute Gasteiger partial charge is 0.255 e. The van der Waals surface area contributed by atoms with E-state index < -0.39 is 0 Å². The molecule has 30 heavy (non-hydrogen) atoms. The molecular weight excluding hydrogens is 565 g/mol. The molecule has 3 rings (SSSR count). The first kappa shape index (κ1) is 36.4. The summed E-state index contributed by atoms with van der Waals surface area (Å²) in [6, 6.07) is 15.6. The van der Waals surface area contributed by atoms with Crippen LogP contribution in [0.3, 0.4) is 0 Å². The molecule has 0 amide bonds. The van der Waals surface area contributed by atoms with Gasteiger partial charge in [0.1, 0.15) is 0 Å². The van der Waals surface area contributed by atoms with Crippen molar-refractivity contribution in [2.45, 2.75) is 13.8 Å². The molecular formula is C20H22Cl4Cu2N4. The SMILES string of the molecule is Cc1cc(N=Cc2ccccn2)c(C)cc1N=Cc1ccccn1.Cl.Cl.Cl.Cl.[Cu].[Cu]. The van der Waals surface area contributed by atoms with Crippen molar-refractivity contribution in [3.05, 3.63) is 83.4 Å². The summed E-state index contributed by atoms with van der Waals surface area (Å²) in [7, 11) is 0. The third-order valence-corrected chi connectivity index (χ3v) is 3.56. The molecule has 0 N–H and O–H groups in total. The van der Waals surface area contributed by atoms with E-state index in [2.05, 4.69) is 20.0 Å². The summed E-state index contributed by atoms with van der Waals surface area (Å²) in [6.45, 7) is 4.06. The monoisotopic (exact) mass is 584 g/mol. The van der Waals surface area contributed by atoms with E-state index in [0.29, 0.717) is 0 Å². The van der Waals surface area contributed by atoms with Crippen LogP contribution in [0.2, 0.25) is 0 Å². The Morgan fingerprint density at radius 3 is 1.30 bits per heavy atom. The predicted octanol–water partition coefficient (Wildman–Crippen LogP) is 6.28. The van der Waals surface area contributed by atoms with Crippen molar-refractivity contribution in [2.24, 2.45) is 9.98 Å². The van der Waals surface area contributed by atoms with Crippen LogP contribution in [0.15, 0.2) is 70.9 Å². The molecule has 2 heterocycles. The van der Waals surface area contributed by atoms with Gasteiger partial charge in [-0.3, -0.25) is 20.0 Å². The molecule has 0 spiro atoms. The second-order valence-electron chi connectivity index (χ2n) is 5.45. The summed E-state index contributed by atoms with van der Waals surface area (Å²) >= 11 is 0. The summed E-state index contributed by atoms with van der Waals surface area (Å²) in [5.74, 6) is 0. The fourth-order valence-electron chi connectivity index (χ4n) is 2.24. The first-order chi connectivity index (χ1) is 11.7. The molecule has 0 bridgehead atoms. The molecule has 4 nitrogen and oxygen atoms in total.